The number of nitrogens with two attached hydrogens (primary N) is 1. The molecule has 5 nitrogen and oxygen atoms in total. The summed E-state index contributed by atoms with van der Waals surface area (Å²) in [5, 5.41) is 2.95. The molecule has 0 heterocycles. The Kier molecular flexibility index (Phi) is 4.81. The highest BCUT2D eigenvalue weighted by Crippen LogP contribution is 2.26. The van der Waals surface area contributed by atoms with E-state index in [0.717, 1.165) is 18.5 Å². The predicted octanol–water partition coefficient (Wildman–Crippen LogP) is 4.32. The summed E-state index contributed by atoms with van der Waals surface area (Å²) in [6.45, 7) is 0. The minimum Gasteiger partial charge on any atom is -0.457 e. The molecule has 3 aromatic rings. The zero-order valence-electron chi connectivity index (χ0n) is 15.3. The Hall–Kier alpha value is -3.60. The number of carbonyl (C=O) groups is 2. The monoisotopic (exact) mass is 372 g/mol. The normalized spacial score (nSPS) is 12.3. The Bertz CT molecular complexity index is 1020. The number of aryl methyl sites for hydroxylation is 2. The molecular formula is C23H20N2O3. The first-order valence-corrected chi connectivity index (χ1v) is 9.19. The maximum absolute atomic E-state index is 12.5. The Labute approximate surface area is 163 Å². The van der Waals surface area contributed by atoms with Crippen molar-refractivity contribution in [2.75, 3.05) is 5.32 Å². The molecule has 5 heteroatoms. The second-order valence-electron chi connectivity index (χ2n) is 6.81. The molecule has 28 heavy (non-hydrogen) atoms. The quantitative estimate of drug-likeness (QED) is 0.700. The Balaban J connectivity index is 1.41. The largest absolute Gasteiger partial charge is 0.457 e. The van der Waals surface area contributed by atoms with Crippen LogP contribution < -0.4 is 15.8 Å². The van der Waals surface area contributed by atoms with Crippen LogP contribution in [0.25, 0.3) is 0 Å². The van der Waals surface area contributed by atoms with Crippen LogP contribution >= 0.6 is 0 Å². The molecule has 0 bridgehead atoms. The lowest BCUT2D eigenvalue weighted by molar-refractivity contribution is 0.0997. The molecule has 0 saturated heterocycles. The maximum Gasteiger partial charge on any atom is 0.255 e. The predicted molar refractivity (Wildman–Crippen MR) is 108 cm³/mol. The minimum atomic E-state index is -0.481. The van der Waals surface area contributed by atoms with Crippen LogP contribution in [0.2, 0.25) is 0 Å². The minimum absolute atomic E-state index is 0.157. The van der Waals surface area contributed by atoms with Crippen molar-refractivity contribution in [3.63, 3.8) is 0 Å². The van der Waals surface area contributed by atoms with E-state index in [1.165, 1.54) is 17.5 Å². The van der Waals surface area contributed by atoms with Crippen molar-refractivity contribution < 1.29 is 14.3 Å². The van der Waals surface area contributed by atoms with Gasteiger partial charge in [0.15, 0.2) is 0 Å². The van der Waals surface area contributed by atoms with E-state index in [4.69, 9.17) is 10.5 Å². The molecule has 0 saturated carbocycles. The highest BCUT2D eigenvalue weighted by molar-refractivity contribution is 6.04. The van der Waals surface area contributed by atoms with Crippen LogP contribution in [0.5, 0.6) is 11.5 Å². The molecule has 0 radical (unpaired) electrons. The van der Waals surface area contributed by atoms with Crippen LogP contribution in [-0.4, -0.2) is 11.8 Å². The van der Waals surface area contributed by atoms with Gasteiger partial charge in [0.25, 0.3) is 5.91 Å². The summed E-state index contributed by atoms with van der Waals surface area (Å²) < 4.78 is 5.73. The van der Waals surface area contributed by atoms with E-state index in [-0.39, 0.29) is 5.91 Å². The summed E-state index contributed by atoms with van der Waals surface area (Å²) in [6.07, 6.45) is 3.38. The molecule has 0 aromatic heterocycles. The number of primary amides is 1. The van der Waals surface area contributed by atoms with Gasteiger partial charge in [-0.15, -0.1) is 0 Å². The Morgan fingerprint density at radius 3 is 2.04 bits per heavy atom. The van der Waals surface area contributed by atoms with E-state index in [2.05, 4.69) is 17.4 Å². The number of rotatable bonds is 5. The third kappa shape index (κ3) is 3.88. The number of nitrogens with one attached hydrogen (secondary N) is 1. The smallest absolute Gasteiger partial charge is 0.255 e. The standard InChI is InChI=1S/C23H20N2O3/c24-22(26)16-5-10-20(11-6-16)28-21-12-7-17(8-13-21)23(27)25-19-9-4-15-2-1-3-18(15)14-19/h4-14H,1-3H2,(H2,24,26)(H,25,27). The zero-order chi connectivity index (χ0) is 19.5. The van der Waals surface area contributed by atoms with Gasteiger partial charge in [-0.05, 0) is 91.1 Å². The second kappa shape index (κ2) is 7.56. The topological polar surface area (TPSA) is 81.4 Å². The van der Waals surface area contributed by atoms with Crippen LogP contribution in [0.1, 0.15) is 38.3 Å². The van der Waals surface area contributed by atoms with Gasteiger partial charge >= 0.3 is 0 Å². The summed E-state index contributed by atoms with van der Waals surface area (Å²) >= 11 is 0. The third-order valence-electron chi connectivity index (χ3n) is 4.85. The van der Waals surface area contributed by atoms with Gasteiger partial charge in [0.05, 0.1) is 0 Å². The van der Waals surface area contributed by atoms with Crippen molar-refractivity contribution in [2.45, 2.75) is 19.3 Å². The van der Waals surface area contributed by atoms with E-state index < -0.39 is 5.91 Å². The first-order chi connectivity index (χ1) is 13.6. The molecule has 0 unspecified atom stereocenters. The first kappa shape index (κ1) is 17.8. The molecule has 3 N–H and O–H groups in total. The van der Waals surface area contributed by atoms with Crippen molar-refractivity contribution in [1.29, 1.82) is 0 Å². The summed E-state index contributed by atoms with van der Waals surface area (Å²) in [5.41, 5.74) is 9.72. The fourth-order valence-electron chi connectivity index (χ4n) is 3.35. The van der Waals surface area contributed by atoms with Crippen LogP contribution in [0.15, 0.2) is 66.7 Å². The molecule has 4 rings (SSSR count). The fourth-order valence-corrected chi connectivity index (χ4v) is 3.35. The van der Waals surface area contributed by atoms with Gasteiger partial charge in [-0.1, -0.05) is 6.07 Å². The summed E-state index contributed by atoms with van der Waals surface area (Å²) in [5.74, 6) is 0.543. The molecule has 140 valence electrons. The van der Waals surface area contributed by atoms with Gasteiger partial charge in [0.1, 0.15) is 11.5 Å². The van der Waals surface area contributed by atoms with Crippen molar-refractivity contribution in [1.82, 2.24) is 0 Å². The number of benzene rings is 3. The number of hydrogen-bond donors (Lipinski definition) is 2. The van der Waals surface area contributed by atoms with E-state index >= 15 is 0 Å². The lowest BCUT2D eigenvalue weighted by atomic mass is 10.1. The molecule has 0 spiro atoms. The summed E-state index contributed by atoms with van der Waals surface area (Å²) in [6, 6.07) is 19.6. The molecule has 0 atom stereocenters. The summed E-state index contributed by atoms with van der Waals surface area (Å²) in [4.78, 5) is 23.6. The van der Waals surface area contributed by atoms with Gasteiger partial charge in [-0.2, -0.15) is 0 Å². The lowest BCUT2D eigenvalue weighted by Gasteiger charge is -2.09. The number of carbonyl (C=O) groups excluding carboxylic acids is 2. The molecule has 1 aliphatic carbocycles. The van der Waals surface area contributed by atoms with Crippen LogP contribution in [0.4, 0.5) is 5.69 Å². The molecule has 1 aliphatic rings. The van der Waals surface area contributed by atoms with Crippen molar-refractivity contribution in [2.24, 2.45) is 5.73 Å². The van der Waals surface area contributed by atoms with E-state index in [0.29, 0.717) is 22.6 Å². The van der Waals surface area contributed by atoms with Gasteiger partial charge < -0.3 is 15.8 Å². The lowest BCUT2D eigenvalue weighted by Crippen LogP contribution is -2.12. The maximum atomic E-state index is 12.5. The fraction of sp³-hybridized carbons (Fsp3) is 0.130. The second-order valence-corrected chi connectivity index (χ2v) is 6.81. The number of ether oxygens (including phenoxy) is 1. The van der Waals surface area contributed by atoms with Crippen molar-refractivity contribution >= 4 is 17.5 Å². The molecule has 0 aliphatic heterocycles. The molecule has 3 aromatic carbocycles. The van der Waals surface area contributed by atoms with Gasteiger partial charge in [0, 0.05) is 16.8 Å². The van der Waals surface area contributed by atoms with E-state index in [9.17, 15) is 9.59 Å². The highest BCUT2D eigenvalue weighted by Gasteiger charge is 2.12. The Morgan fingerprint density at radius 1 is 0.786 bits per heavy atom. The molecule has 2 amide bonds. The number of hydrogen-bond acceptors (Lipinski definition) is 3. The SMILES string of the molecule is NC(=O)c1ccc(Oc2ccc(C(=O)Nc3ccc4c(c3)CCC4)cc2)cc1. The van der Waals surface area contributed by atoms with E-state index in [1.807, 2.05) is 6.07 Å². The average molecular weight is 372 g/mol. The van der Waals surface area contributed by atoms with Crippen molar-refractivity contribution in [3.8, 4) is 11.5 Å². The van der Waals surface area contributed by atoms with Crippen molar-refractivity contribution in [3.05, 3.63) is 89.0 Å². The van der Waals surface area contributed by atoms with Gasteiger partial charge in [-0.3, -0.25) is 9.59 Å². The third-order valence-corrected chi connectivity index (χ3v) is 4.85. The van der Waals surface area contributed by atoms with Crippen LogP contribution in [-0.2, 0) is 12.8 Å². The van der Waals surface area contributed by atoms with E-state index in [1.54, 1.807) is 48.5 Å². The summed E-state index contributed by atoms with van der Waals surface area (Å²) in [7, 11) is 0. The van der Waals surface area contributed by atoms with Gasteiger partial charge in [-0.25, -0.2) is 0 Å². The van der Waals surface area contributed by atoms with Gasteiger partial charge in [0.2, 0.25) is 5.91 Å². The van der Waals surface area contributed by atoms with Crippen LogP contribution in [0, 0.1) is 0 Å². The zero-order valence-corrected chi connectivity index (χ0v) is 15.3. The number of amides is 2. The number of anilines is 1. The molecule has 0 fully saturated rings. The number of fused-ring (bicyclic) bond motifs is 1. The average Bonchev–Trinajstić information content (AvgIpc) is 3.17. The molecular weight excluding hydrogens is 352 g/mol. The van der Waals surface area contributed by atoms with Crippen LogP contribution in [0.3, 0.4) is 0 Å². The highest BCUT2D eigenvalue weighted by atomic mass is 16.5. The first-order valence-electron chi connectivity index (χ1n) is 9.19. The Morgan fingerprint density at radius 2 is 1.39 bits per heavy atom.